The molecule has 0 aliphatic carbocycles. The normalized spacial score (nSPS) is 12.4. The molecule has 0 fully saturated rings. The van der Waals surface area contributed by atoms with Crippen molar-refractivity contribution in [2.75, 3.05) is 7.11 Å². The van der Waals surface area contributed by atoms with Crippen LogP contribution >= 0.6 is 27.3 Å². The number of aromatic nitrogens is 1. The van der Waals surface area contributed by atoms with Crippen LogP contribution in [0.2, 0.25) is 0 Å². The van der Waals surface area contributed by atoms with Gasteiger partial charge < -0.3 is 10.5 Å². The third-order valence-corrected chi connectivity index (χ3v) is 4.14. The predicted molar refractivity (Wildman–Crippen MR) is 78.2 cm³/mol. The Balaban J connectivity index is 2.13. The molecule has 5 heteroatoms. The molecule has 0 amide bonds. The number of rotatable bonds is 4. The molecule has 0 spiro atoms. The smallest absolute Gasteiger partial charge is 0.133 e. The molecule has 96 valence electrons. The van der Waals surface area contributed by atoms with E-state index in [1.165, 1.54) is 0 Å². The van der Waals surface area contributed by atoms with E-state index in [2.05, 4.69) is 26.3 Å². The minimum Gasteiger partial charge on any atom is -0.496 e. The Morgan fingerprint density at radius 1 is 1.50 bits per heavy atom. The summed E-state index contributed by atoms with van der Waals surface area (Å²) in [6.45, 7) is 2.00. The molecule has 0 saturated carbocycles. The van der Waals surface area contributed by atoms with E-state index in [1.807, 2.05) is 25.1 Å². The Bertz CT molecular complexity index is 542. The lowest BCUT2D eigenvalue weighted by Gasteiger charge is -2.12. The average molecular weight is 327 g/mol. The number of aryl methyl sites for hydroxylation is 1. The molecule has 0 saturated heterocycles. The van der Waals surface area contributed by atoms with Gasteiger partial charge in [0.05, 0.1) is 22.3 Å². The van der Waals surface area contributed by atoms with Crippen molar-refractivity contribution >= 4 is 27.3 Å². The van der Waals surface area contributed by atoms with Crippen LogP contribution in [-0.4, -0.2) is 12.1 Å². The molecule has 2 N–H and O–H groups in total. The highest BCUT2D eigenvalue weighted by atomic mass is 79.9. The highest BCUT2D eigenvalue weighted by molar-refractivity contribution is 9.10. The first kappa shape index (κ1) is 13.5. The molecule has 1 heterocycles. The first-order valence-corrected chi connectivity index (χ1v) is 7.27. The Hall–Kier alpha value is -0.910. The lowest BCUT2D eigenvalue weighted by molar-refractivity contribution is 0.412. The molecule has 3 nitrogen and oxygen atoms in total. The van der Waals surface area contributed by atoms with Crippen molar-refractivity contribution in [3.63, 3.8) is 0 Å². The lowest BCUT2D eigenvalue weighted by atomic mass is 10.0. The Morgan fingerprint density at radius 2 is 2.28 bits per heavy atom. The fourth-order valence-corrected chi connectivity index (χ4v) is 2.94. The number of methoxy groups -OCH3 is 1. The summed E-state index contributed by atoms with van der Waals surface area (Å²) in [6, 6.07) is 5.87. The van der Waals surface area contributed by atoms with E-state index in [0.29, 0.717) is 0 Å². The second-order valence-electron chi connectivity index (χ2n) is 4.06. The van der Waals surface area contributed by atoms with Gasteiger partial charge in [0.1, 0.15) is 5.75 Å². The largest absolute Gasteiger partial charge is 0.496 e. The third-order valence-electron chi connectivity index (χ3n) is 2.70. The average Bonchev–Trinajstić information content (AvgIpc) is 2.74. The van der Waals surface area contributed by atoms with Gasteiger partial charge in [-0.3, -0.25) is 0 Å². The maximum absolute atomic E-state index is 6.20. The number of thiazole rings is 1. The number of benzene rings is 1. The van der Waals surface area contributed by atoms with Gasteiger partial charge in [-0.2, -0.15) is 0 Å². The summed E-state index contributed by atoms with van der Waals surface area (Å²) in [5.41, 5.74) is 8.33. The quantitative estimate of drug-likeness (QED) is 0.935. The zero-order valence-electron chi connectivity index (χ0n) is 10.3. The molecule has 18 heavy (non-hydrogen) atoms. The number of hydrogen-bond donors (Lipinski definition) is 1. The number of nitrogens with two attached hydrogens (primary N) is 1. The van der Waals surface area contributed by atoms with Crippen molar-refractivity contribution < 1.29 is 4.74 Å². The summed E-state index contributed by atoms with van der Waals surface area (Å²) in [6.07, 6.45) is 0.753. The molecule has 0 aliphatic rings. The Labute approximate surface area is 119 Å². The van der Waals surface area contributed by atoms with Crippen LogP contribution in [0.1, 0.15) is 22.3 Å². The van der Waals surface area contributed by atoms with Crippen molar-refractivity contribution in [3.8, 4) is 5.75 Å². The van der Waals surface area contributed by atoms with Gasteiger partial charge in [0.2, 0.25) is 0 Å². The van der Waals surface area contributed by atoms with Crippen LogP contribution in [0.15, 0.2) is 28.1 Å². The van der Waals surface area contributed by atoms with Crippen molar-refractivity contribution in [2.24, 2.45) is 5.73 Å². The molecule has 0 bridgehead atoms. The van der Waals surface area contributed by atoms with E-state index in [1.54, 1.807) is 18.4 Å². The van der Waals surface area contributed by atoms with Crippen LogP contribution in [0, 0.1) is 6.92 Å². The van der Waals surface area contributed by atoms with E-state index in [9.17, 15) is 0 Å². The highest BCUT2D eigenvalue weighted by Crippen LogP contribution is 2.28. The minimum absolute atomic E-state index is 0.0475. The van der Waals surface area contributed by atoms with Crippen LogP contribution in [0.3, 0.4) is 0 Å². The van der Waals surface area contributed by atoms with Crippen LogP contribution in [0.4, 0.5) is 0 Å². The molecular formula is C13H15BrN2OS. The van der Waals surface area contributed by atoms with Gasteiger partial charge in [-0.25, -0.2) is 4.98 Å². The molecular weight excluding hydrogens is 312 g/mol. The van der Waals surface area contributed by atoms with E-state index in [-0.39, 0.29) is 6.04 Å². The van der Waals surface area contributed by atoms with Crippen molar-refractivity contribution in [1.29, 1.82) is 0 Å². The van der Waals surface area contributed by atoms with Gasteiger partial charge in [0.25, 0.3) is 0 Å². The topological polar surface area (TPSA) is 48.1 Å². The first-order chi connectivity index (χ1) is 8.60. The van der Waals surface area contributed by atoms with Gasteiger partial charge >= 0.3 is 0 Å². The van der Waals surface area contributed by atoms with E-state index in [0.717, 1.165) is 32.9 Å². The lowest BCUT2D eigenvalue weighted by Crippen LogP contribution is -2.13. The summed E-state index contributed by atoms with van der Waals surface area (Å²) < 4.78 is 6.13. The Morgan fingerprint density at radius 3 is 2.83 bits per heavy atom. The van der Waals surface area contributed by atoms with Gasteiger partial charge in [-0.1, -0.05) is 6.07 Å². The van der Waals surface area contributed by atoms with Gasteiger partial charge in [-0.05, 0) is 40.5 Å². The second-order valence-corrected chi connectivity index (χ2v) is 5.98. The summed E-state index contributed by atoms with van der Waals surface area (Å²) in [5.74, 6) is 0.815. The summed E-state index contributed by atoms with van der Waals surface area (Å²) in [7, 11) is 1.65. The molecule has 1 unspecified atom stereocenters. The Kier molecular flexibility index (Phi) is 4.37. The SMILES string of the molecule is COc1ccc(C(N)Cc2csc(C)n2)cc1Br. The maximum Gasteiger partial charge on any atom is 0.133 e. The van der Waals surface area contributed by atoms with Gasteiger partial charge in [-0.15, -0.1) is 11.3 Å². The predicted octanol–water partition coefficient (Wildman–Crippen LogP) is 3.47. The van der Waals surface area contributed by atoms with Crippen molar-refractivity contribution in [3.05, 3.63) is 44.3 Å². The molecule has 1 atom stereocenters. The molecule has 2 aromatic rings. The molecule has 0 radical (unpaired) electrons. The zero-order valence-corrected chi connectivity index (χ0v) is 12.7. The van der Waals surface area contributed by atoms with Crippen molar-refractivity contribution in [2.45, 2.75) is 19.4 Å². The van der Waals surface area contributed by atoms with Crippen LogP contribution in [0.5, 0.6) is 5.75 Å². The van der Waals surface area contributed by atoms with E-state index < -0.39 is 0 Å². The standard InChI is InChI=1S/C13H15BrN2OS/c1-8-16-10(7-18-8)6-12(15)9-3-4-13(17-2)11(14)5-9/h3-5,7,12H,6,15H2,1-2H3. The molecule has 0 aliphatic heterocycles. The molecule has 1 aromatic heterocycles. The second kappa shape index (κ2) is 5.82. The summed E-state index contributed by atoms with van der Waals surface area (Å²) in [5, 5.41) is 3.14. The van der Waals surface area contributed by atoms with E-state index >= 15 is 0 Å². The van der Waals surface area contributed by atoms with Gasteiger partial charge in [0, 0.05) is 17.8 Å². The zero-order chi connectivity index (χ0) is 13.1. The fraction of sp³-hybridized carbons (Fsp3) is 0.308. The van der Waals surface area contributed by atoms with Crippen LogP contribution in [-0.2, 0) is 6.42 Å². The number of halogens is 1. The fourth-order valence-electron chi connectivity index (χ4n) is 1.76. The molecule has 2 rings (SSSR count). The number of hydrogen-bond acceptors (Lipinski definition) is 4. The van der Waals surface area contributed by atoms with Crippen LogP contribution in [0.25, 0.3) is 0 Å². The maximum atomic E-state index is 6.20. The molecule has 1 aromatic carbocycles. The highest BCUT2D eigenvalue weighted by Gasteiger charge is 2.11. The van der Waals surface area contributed by atoms with Crippen molar-refractivity contribution in [1.82, 2.24) is 4.98 Å². The summed E-state index contributed by atoms with van der Waals surface area (Å²) >= 11 is 5.13. The monoisotopic (exact) mass is 326 g/mol. The summed E-state index contributed by atoms with van der Waals surface area (Å²) in [4.78, 5) is 4.43. The van der Waals surface area contributed by atoms with E-state index in [4.69, 9.17) is 10.5 Å². The number of ether oxygens (including phenoxy) is 1. The first-order valence-electron chi connectivity index (χ1n) is 5.60. The third kappa shape index (κ3) is 3.10. The van der Waals surface area contributed by atoms with Gasteiger partial charge in [0.15, 0.2) is 0 Å². The van der Waals surface area contributed by atoms with Crippen LogP contribution < -0.4 is 10.5 Å². The number of nitrogens with zero attached hydrogens (tertiary/aromatic N) is 1. The minimum atomic E-state index is -0.0475.